The van der Waals surface area contributed by atoms with Crippen LogP contribution < -0.4 is 5.48 Å². The summed E-state index contributed by atoms with van der Waals surface area (Å²) in [7, 11) is 1.67. The molecule has 1 N–H and O–H groups in total. The molecule has 1 unspecified atom stereocenters. The Bertz CT molecular complexity index is 176. The molecule has 1 rings (SSSR count). The normalized spacial score (nSPS) is 17.3. The number of nitrogens with one attached hydrogen (secondary N) is 1. The Labute approximate surface area is 104 Å². The highest BCUT2D eigenvalue weighted by Gasteiger charge is 2.23. The minimum atomic E-state index is -0.000671. The average Bonchev–Trinajstić information content (AvgIpc) is 3.14. The molecule has 0 amide bonds. The van der Waals surface area contributed by atoms with Gasteiger partial charge in [0.2, 0.25) is 0 Å². The molecule has 0 aromatic carbocycles. The third-order valence-corrected chi connectivity index (χ3v) is 2.50. The summed E-state index contributed by atoms with van der Waals surface area (Å²) in [4.78, 5) is 5.27. The summed E-state index contributed by atoms with van der Waals surface area (Å²) in [6.45, 7) is 5.09. The van der Waals surface area contributed by atoms with E-state index in [0.717, 1.165) is 25.6 Å². The van der Waals surface area contributed by atoms with Gasteiger partial charge in [-0.15, -0.1) is 0 Å². The fraction of sp³-hybridized carbons (Fsp3) is 1.00. The number of ether oxygens (including phenoxy) is 3. The van der Waals surface area contributed by atoms with Crippen molar-refractivity contribution in [3.63, 3.8) is 0 Å². The van der Waals surface area contributed by atoms with E-state index in [1.807, 2.05) is 0 Å². The molecule has 1 fully saturated rings. The van der Waals surface area contributed by atoms with Gasteiger partial charge in [-0.05, 0) is 25.2 Å². The van der Waals surface area contributed by atoms with Crippen molar-refractivity contribution in [2.45, 2.75) is 32.3 Å². The fourth-order valence-corrected chi connectivity index (χ4v) is 1.34. The van der Waals surface area contributed by atoms with Gasteiger partial charge in [0.05, 0.1) is 13.2 Å². The number of hydrogen-bond donors (Lipinski definition) is 1. The largest absolute Gasteiger partial charge is 0.382 e. The second kappa shape index (κ2) is 9.79. The molecule has 1 atom stereocenters. The number of hydrogen-bond acceptors (Lipinski definition) is 5. The van der Waals surface area contributed by atoms with E-state index in [4.69, 9.17) is 19.0 Å². The molecule has 0 heterocycles. The maximum absolute atomic E-state index is 5.70. The van der Waals surface area contributed by atoms with Gasteiger partial charge in [-0.1, -0.05) is 6.92 Å². The minimum absolute atomic E-state index is 0.000671. The lowest BCUT2D eigenvalue weighted by atomic mass is 10.4. The smallest absolute Gasteiger partial charge is 0.119 e. The first-order valence-corrected chi connectivity index (χ1v) is 6.39. The van der Waals surface area contributed by atoms with Gasteiger partial charge in [0.1, 0.15) is 12.8 Å². The second-order valence-electron chi connectivity index (χ2n) is 4.36. The van der Waals surface area contributed by atoms with E-state index in [1.165, 1.54) is 12.8 Å². The first kappa shape index (κ1) is 14.9. The van der Waals surface area contributed by atoms with Crippen LogP contribution in [-0.4, -0.2) is 46.4 Å². The summed E-state index contributed by atoms with van der Waals surface area (Å²) in [5.74, 6) is 0.759. The molecule has 0 aliphatic heterocycles. The molecule has 5 nitrogen and oxygen atoms in total. The molecule has 0 radical (unpaired) electrons. The number of hydroxylamine groups is 1. The Hall–Kier alpha value is -0.200. The molecule has 17 heavy (non-hydrogen) atoms. The van der Waals surface area contributed by atoms with E-state index in [1.54, 1.807) is 7.11 Å². The summed E-state index contributed by atoms with van der Waals surface area (Å²) in [6, 6.07) is 0. The highest BCUT2D eigenvalue weighted by atomic mass is 16.7. The van der Waals surface area contributed by atoms with Crippen molar-refractivity contribution < 1.29 is 19.0 Å². The van der Waals surface area contributed by atoms with E-state index >= 15 is 0 Å². The van der Waals surface area contributed by atoms with Gasteiger partial charge >= 0.3 is 0 Å². The Morgan fingerprint density at radius 2 is 2.12 bits per heavy atom. The van der Waals surface area contributed by atoms with Gasteiger partial charge in [-0.3, -0.25) is 4.84 Å². The Kier molecular flexibility index (Phi) is 8.56. The Morgan fingerprint density at radius 1 is 1.29 bits per heavy atom. The van der Waals surface area contributed by atoms with Gasteiger partial charge in [0.25, 0.3) is 0 Å². The van der Waals surface area contributed by atoms with E-state index < -0.39 is 0 Å². The molecular formula is C12H25NO4. The van der Waals surface area contributed by atoms with Crippen LogP contribution in [0.1, 0.15) is 26.2 Å². The summed E-state index contributed by atoms with van der Waals surface area (Å²) in [5, 5.41) is 0. The zero-order valence-electron chi connectivity index (χ0n) is 10.9. The molecule has 0 bridgehead atoms. The lowest BCUT2D eigenvalue weighted by Gasteiger charge is -2.17. The highest BCUT2D eigenvalue weighted by molar-refractivity contribution is 4.73. The molecule has 0 aromatic heterocycles. The molecule has 1 aliphatic carbocycles. The zero-order chi connectivity index (χ0) is 12.3. The van der Waals surface area contributed by atoms with Gasteiger partial charge in [0.15, 0.2) is 0 Å². The standard InChI is InChI=1S/C12H25NO4/c1-3-6-15-10-13-17-9-12(8-14-2)16-7-11-4-5-11/h11-13H,3-10H2,1-2H3. The van der Waals surface area contributed by atoms with Crippen LogP contribution in [0, 0.1) is 5.92 Å². The summed E-state index contributed by atoms with van der Waals surface area (Å²) < 4.78 is 16.0. The minimum Gasteiger partial charge on any atom is -0.382 e. The molecule has 1 aliphatic rings. The van der Waals surface area contributed by atoms with Crippen molar-refractivity contribution >= 4 is 0 Å². The summed E-state index contributed by atoms with van der Waals surface area (Å²) in [6.07, 6.45) is 3.60. The quantitative estimate of drug-likeness (QED) is 0.320. The topological polar surface area (TPSA) is 49.0 Å². The molecule has 0 saturated heterocycles. The molecule has 1 saturated carbocycles. The second-order valence-corrected chi connectivity index (χ2v) is 4.36. The van der Waals surface area contributed by atoms with Crippen LogP contribution in [-0.2, 0) is 19.0 Å². The number of rotatable bonds is 12. The van der Waals surface area contributed by atoms with Crippen LogP contribution in [0.5, 0.6) is 0 Å². The molecule has 0 aromatic rings. The molecule has 0 spiro atoms. The van der Waals surface area contributed by atoms with Gasteiger partial charge in [0, 0.05) is 20.3 Å². The van der Waals surface area contributed by atoms with E-state index in [-0.39, 0.29) is 6.10 Å². The first-order valence-electron chi connectivity index (χ1n) is 6.39. The van der Waals surface area contributed by atoms with Crippen molar-refractivity contribution in [3.05, 3.63) is 0 Å². The van der Waals surface area contributed by atoms with Crippen molar-refractivity contribution in [2.24, 2.45) is 5.92 Å². The van der Waals surface area contributed by atoms with Crippen molar-refractivity contribution in [1.29, 1.82) is 0 Å². The highest BCUT2D eigenvalue weighted by Crippen LogP contribution is 2.29. The van der Waals surface area contributed by atoms with Crippen molar-refractivity contribution in [1.82, 2.24) is 5.48 Å². The first-order chi connectivity index (χ1) is 8.36. The van der Waals surface area contributed by atoms with Crippen LogP contribution in [0.4, 0.5) is 0 Å². The maximum atomic E-state index is 5.70. The molecule has 5 heteroatoms. The summed E-state index contributed by atoms with van der Waals surface area (Å²) >= 11 is 0. The van der Waals surface area contributed by atoms with Crippen LogP contribution >= 0.6 is 0 Å². The predicted octanol–water partition coefficient (Wildman–Crippen LogP) is 1.33. The SMILES string of the molecule is CCCOCNOCC(COC)OCC1CC1. The lowest BCUT2D eigenvalue weighted by Crippen LogP contribution is -2.30. The van der Waals surface area contributed by atoms with Crippen molar-refractivity contribution in [2.75, 3.05) is 40.3 Å². The van der Waals surface area contributed by atoms with Crippen molar-refractivity contribution in [3.8, 4) is 0 Å². The van der Waals surface area contributed by atoms with Crippen LogP contribution in [0.25, 0.3) is 0 Å². The van der Waals surface area contributed by atoms with Crippen LogP contribution in [0.15, 0.2) is 0 Å². The van der Waals surface area contributed by atoms with Crippen LogP contribution in [0.3, 0.4) is 0 Å². The van der Waals surface area contributed by atoms with E-state index in [0.29, 0.717) is 19.9 Å². The monoisotopic (exact) mass is 247 g/mol. The molecule has 102 valence electrons. The maximum Gasteiger partial charge on any atom is 0.119 e. The third kappa shape index (κ3) is 8.51. The van der Waals surface area contributed by atoms with Gasteiger partial charge in [-0.25, -0.2) is 0 Å². The Morgan fingerprint density at radius 3 is 2.76 bits per heavy atom. The number of methoxy groups -OCH3 is 1. The van der Waals surface area contributed by atoms with Gasteiger partial charge < -0.3 is 14.2 Å². The zero-order valence-corrected chi connectivity index (χ0v) is 10.9. The third-order valence-electron chi connectivity index (χ3n) is 2.50. The molecular weight excluding hydrogens is 222 g/mol. The van der Waals surface area contributed by atoms with E-state index in [9.17, 15) is 0 Å². The van der Waals surface area contributed by atoms with Crippen LogP contribution in [0.2, 0.25) is 0 Å². The Balaban J connectivity index is 1.94. The van der Waals surface area contributed by atoms with E-state index in [2.05, 4.69) is 12.4 Å². The fourth-order valence-electron chi connectivity index (χ4n) is 1.34. The van der Waals surface area contributed by atoms with Gasteiger partial charge in [-0.2, -0.15) is 5.48 Å². The average molecular weight is 247 g/mol. The summed E-state index contributed by atoms with van der Waals surface area (Å²) in [5.41, 5.74) is 2.75. The lowest BCUT2D eigenvalue weighted by molar-refractivity contribution is -0.0990. The predicted molar refractivity (Wildman–Crippen MR) is 64.5 cm³/mol.